The SMILES string of the molecule is COc1ccc(F)c(CNCCCNc2ccnc3cc(C(F)(F)F)ccc23)c1. The summed E-state index contributed by atoms with van der Waals surface area (Å²) in [6.45, 7) is 1.63. The number of ether oxygens (including phenoxy) is 1. The summed E-state index contributed by atoms with van der Waals surface area (Å²) in [5.41, 5.74) is 0.820. The molecule has 4 nitrogen and oxygen atoms in total. The third kappa shape index (κ3) is 5.35. The van der Waals surface area contributed by atoms with Gasteiger partial charge in [-0.3, -0.25) is 4.98 Å². The number of anilines is 1. The van der Waals surface area contributed by atoms with Gasteiger partial charge < -0.3 is 15.4 Å². The molecule has 1 aromatic heterocycles. The molecule has 0 atom stereocenters. The Balaban J connectivity index is 1.51. The van der Waals surface area contributed by atoms with Crippen molar-refractivity contribution in [2.45, 2.75) is 19.1 Å². The van der Waals surface area contributed by atoms with Crippen molar-refractivity contribution < 1.29 is 22.3 Å². The maximum atomic E-state index is 13.8. The van der Waals surface area contributed by atoms with Gasteiger partial charge in [-0.2, -0.15) is 13.2 Å². The number of nitrogens with zero attached hydrogens (tertiary/aromatic N) is 1. The highest BCUT2D eigenvalue weighted by Crippen LogP contribution is 2.32. The van der Waals surface area contributed by atoms with Gasteiger partial charge in [-0.15, -0.1) is 0 Å². The van der Waals surface area contributed by atoms with Crippen molar-refractivity contribution in [2.75, 3.05) is 25.5 Å². The summed E-state index contributed by atoms with van der Waals surface area (Å²) in [6.07, 6.45) is -2.17. The lowest BCUT2D eigenvalue weighted by molar-refractivity contribution is -0.137. The van der Waals surface area contributed by atoms with Crippen LogP contribution >= 0.6 is 0 Å². The van der Waals surface area contributed by atoms with Gasteiger partial charge in [0, 0.05) is 35.9 Å². The Morgan fingerprint density at radius 3 is 2.62 bits per heavy atom. The Morgan fingerprint density at radius 1 is 1.03 bits per heavy atom. The summed E-state index contributed by atoms with van der Waals surface area (Å²) in [7, 11) is 1.53. The molecule has 3 rings (SSSR count). The number of benzene rings is 2. The van der Waals surface area contributed by atoms with Gasteiger partial charge in [0.15, 0.2) is 0 Å². The molecule has 0 fully saturated rings. The first-order valence-electron chi connectivity index (χ1n) is 9.11. The summed E-state index contributed by atoms with van der Waals surface area (Å²) < 4.78 is 57.4. The van der Waals surface area contributed by atoms with Crippen LogP contribution in [-0.4, -0.2) is 25.2 Å². The van der Waals surface area contributed by atoms with E-state index in [9.17, 15) is 17.6 Å². The van der Waals surface area contributed by atoms with Crippen molar-refractivity contribution >= 4 is 16.6 Å². The highest BCUT2D eigenvalue weighted by molar-refractivity contribution is 5.91. The van der Waals surface area contributed by atoms with E-state index in [-0.39, 0.29) is 11.3 Å². The molecule has 0 aliphatic carbocycles. The number of hydrogen-bond donors (Lipinski definition) is 2. The van der Waals surface area contributed by atoms with Crippen molar-refractivity contribution in [3.63, 3.8) is 0 Å². The molecule has 29 heavy (non-hydrogen) atoms. The molecule has 0 spiro atoms. The number of rotatable bonds is 8. The Kier molecular flexibility index (Phi) is 6.53. The lowest BCUT2D eigenvalue weighted by Crippen LogP contribution is -2.18. The van der Waals surface area contributed by atoms with Gasteiger partial charge in [-0.1, -0.05) is 6.07 Å². The molecule has 154 valence electrons. The van der Waals surface area contributed by atoms with Crippen LogP contribution in [0.5, 0.6) is 5.75 Å². The van der Waals surface area contributed by atoms with E-state index in [2.05, 4.69) is 15.6 Å². The Bertz CT molecular complexity index is 976. The maximum absolute atomic E-state index is 13.8. The fraction of sp³-hybridized carbons (Fsp3) is 0.286. The van der Waals surface area contributed by atoms with Crippen LogP contribution < -0.4 is 15.4 Å². The van der Waals surface area contributed by atoms with Gasteiger partial charge in [0.05, 0.1) is 18.2 Å². The molecule has 0 aliphatic rings. The standard InChI is InChI=1S/C21H21F4N3O/c1-29-16-4-6-18(22)14(11-16)13-26-8-2-9-27-19-7-10-28-20-12-15(21(23,24)25)3-5-17(19)20/h3-7,10-12,26H,2,8-9,13H2,1H3,(H,27,28). The number of methoxy groups -OCH3 is 1. The van der Waals surface area contributed by atoms with Crippen molar-refractivity contribution in [3.05, 3.63) is 65.6 Å². The van der Waals surface area contributed by atoms with E-state index in [4.69, 9.17) is 4.74 Å². The second-order valence-electron chi connectivity index (χ2n) is 6.50. The van der Waals surface area contributed by atoms with Crippen LogP contribution in [0, 0.1) is 5.82 Å². The van der Waals surface area contributed by atoms with Gasteiger partial charge in [0.2, 0.25) is 0 Å². The first-order chi connectivity index (χ1) is 13.9. The molecule has 3 aromatic rings. The quantitative estimate of drug-likeness (QED) is 0.408. The molecule has 2 N–H and O–H groups in total. The predicted molar refractivity (Wildman–Crippen MR) is 105 cm³/mol. The van der Waals surface area contributed by atoms with Crippen LogP contribution in [0.1, 0.15) is 17.5 Å². The number of pyridine rings is 1. The lowest BCUT2D eigenvalue weighted by Gasteiger charge is -2.12. The van der Waals surface area contributed by atoms with Gasteiger partial charge in [0.1, 0.15) is 11.6 Å². The summed E-state index contributed by atoms with van der Waals surface area (Å²) >= 11 is 0. The van der Waals surface area contributed by atoms with Crippen molar-refractivity contribution in [1.82, 2.24) is 10.3 Å². The highest BCUT2D eigenvalue weighted by atomic mass is 19.4. The summed E-state index contributed by atoms with van der Waals surface area (Å²) in [6, 6.07) is 9.85. The number of hydrogen-bond acceptors (Lipinski definition) is 4. The molecule has 0 aliphatic heterocycles. The van der Waals surface area contributed by atoms with Gasteiger partial charge >= 0.3 is 6.18 Å². The minimum atomic E-state index is -4.40. The maximum Gasteiger partial charge on any atom is 0.416 e. The first-order valence-corrected chi connectivity index (χ1v) is 9.11. The Morgan fingerprint density at radius 2 is 1.86 bits per heavy atom. The largest absolute Gasteiger partial charge is 0.497 e. The molecule has 0 amide bonds. The fourth-order valence-electron chi connectivity index (χ4n) is 2.95. The zero-order chi connectivity index (χ0) is 20.9. The van der Waals surface area contributed by atoms with Gasteiger partial charge in [-0.25, -0.2) is 4.39 Å². The monoisotopic (exact) mass is 407 g/mol. The van der Waals surface area contributed by atoms with E-state index in [1.807, 2.05) is 0 Å². The topological polar surface area (TPSA) is 46.2 Å². The number of alkyl halides is 3. The molecule has 8 heteroatoms. The fourth-order valence-corrected chi connectivity index (χ4v) is 2.95. The molecule has 0 saturated carbocycles. The zero-order valence-electron chi connectivity index (χ0n) is 15.8. The van der Waals surface area contributed by atoms with E-state index in [0.717, 1.165) is 24.2 Å². The van der Waals surface area contributed by atoms with Crippen molar-refractivity contribution in [3.8, 4) is 5.75 Å². The second-order valence-corrected chi connectivity index (χ2v) is 6.50. The zero-order valence-corrected chi connectivity index (χ0v) is 15.8. The van der Waals surface area contributed by atoms with Crippen LogP contribution in [-0.2, 0) is 12.7 Å². The Hall–Kier alpha value is -2.87. The van der Waals surface area contributed by atoms with Crippen LogP contribution in [0.3, 0.4) is 0 Å². The number of aromatic nitrogens is 1. The molecular weight excluding hydrogens is 386 g/mol. The minimum Gasteiger partial charge on any atom is -0.497 e. The number of fused-ring (bicyclic) bond motifs is 1. The predicted octanol–water partition coefficient (Wildman–Crippen LogP) is 4.99. The number of halogens is 4. The first kappa shape index (κ1) is 20.9. The van der Waals surface area contributed by atoms with Crippen LogP contribution in [0.4, 0.5) is 23.2 Å². The smallest absolute Gasteiger partial charge is 0.416 e. The summed E-state index contributed by atoms with van der Waals surface area (Å²) in [5.74, 6) is 0.306. The van der Waals surface area contributed by atoms with Gasteiger partial charge in [0.25, 0.3) is 0 Å². The molecule has 0 radical (unpaired) electrons. The third-order valence-corrected chi connectivity index (χ3v) is 4.48. The van der Waals surface area contributed by atoms with E-state index >= 15 is 0 Å². The minimum absolute atomic E-state index is 0.288. The van der Waals surface area contributed by atoms with Crippen LogP contribution in [0.15, 0.2) is 48.7 Å². The third-order valence-electron chi connectivity index (χ3n) is 4.48. The van der Waals surface area contributed by atoms with E-state index < -0.39 is 11.7 Å². The van der Waals surface area contributed by atoms with E-state index in [0.29, 0.717) is 36.3 Å². The molecule has 1 heterocycles. The lowest BCUT2D eigenvalue weighted by atomic mass is 10.1. The molecule has 2 aromatic carbocycles. The second kappa shape index (κ2) is 9.09. The summed E-state index contributed by atoms with van der Waals surface area (Å²) in [4.78, 5) is 4.03. The molecule has 0 saturated heterocycles. The molecular formula is C21H21F4N3O. The average Bonchev–Trinajstić information content (AvgIpc) is 2.70. The molecule has 0 bridgehead atoms. The van der Waals surface area contributed by atoms with E-state index in [1.54, 1.807) is 18.2 Å². The van der Waals surface area contributed by atoms with Crippen LogP contribution in [0.2, 0.25) is 0 Å². The molecule has 0 unspecified atom stereocenters. The Labute approximate surface area is 165 Å². The number of nitrogens with one attached hydrogen (secondary N) is 2. The van der Waals surface area contributed by atoms with E-state index in [1.165, 1.54) is 25.4 Å². The van der Waals surface area contributed by atoms with Gasteiger partial charge in [-0.05, 0) is 49.4 Å². The average molecular weight is 407 g/mol. The summed E-state index contributed by atoms with van der Waals surface area (Å²) in [5, 5.41) is 7.02. The normalized spacial score (nSPS) is 11.6. The van der Waals surface area contributed by atoms with Crippen LogP contribution in [0.25, 0.3) is 10.9 Å². The highest BCUT2D eigenvalue weighted by Gasteiger charge is 2.30. The van der Waals surface area contributed by atoms with Crippen molar-refractivity contribution in [2.24, 2.45) is 0 Å². The van der Waals surface area contributed by atoms with Crippen molar-refractivity contribution in [1.29, 1.82) is 0 Å².